The molecule has 0 aliphatic rings. The van der Waals surface area contributed by atoms with Crippen molar-refractivity contribution in [3.05, 3.63) is 58.4 Å². The van der Waals surface area contributed by atoms with Crippen molar-refractivity contribution in [2.45, 2.75) is 20.4 Å². The fourth-order valence-electron chi connectivity index (χ4n) is 3.11. The summed E-state index contributed by atoms with van der Waals surface area (Å²) in [7, 11) is 1.60. The van der Waals surface area contributed by atoms with Gasteiger partial charge in [0.25, 0.3) is 5.56 Å². The Morgan fingerprint density at radius 3 is 2.33 bits per heavy atom. The molecule has 27 heavy (non-hydrogen) atoms. The molecule has 0 bridgehead atoms. The third-order valence-corrected chi connectivity index (χ3v) is 4.46. The predicted octanol–water partition coefficient (Wildman–Crippen LogP) is 3.58. The molecule has 0 radical (unpaired) electrons. The Kier molecular flexibility index (Phi) is 5.16. The van der Waals surface area contributed by atoms with Gasteiger partial charge in [-0.1, -0.05) is 18.2 Å². The standard InChI is InChI=1S/C21H21NO5/c1-4-22-17-11-8-14(13-6-9-15(26-3)10-7-13)12-16(17)19(23)18(20(22)24)21(25)27-5-2/h6-12,23H,4-5H2,1-3H3. The maximum absolute atomic E-state index is 12.7. The number of esters is 1. The third kappa shape index (κ3) is 3.26. The second-order valence-corrected chi connectivity index (χ2v) is 5.95. The lowest BCUT2D eigenvalue weighted by Crippen LogP contribution is -2.27. The largest absolute Gasteiger partial charge is 0.506 e. The fraction of sp³-hybridized carbons (Fsp3) is 0.238. The molecule has 0 saturated carbocycles. The highest BCUT2D eigenvalue weighted by atomic mass is 16.5. The van der Waals surface area contributed by atoms with Crippen molar-refractivity contribution < 1.29 is 19.4 Å². The Bertz CT molecular complexity index is 1050. The first-order valence-corrected chi connectivity index (χ1v) is 8.72. The van der Waals surface area contributed by atoms with Crippen molar-refractivity contribution in [1.82, 2.24) is 4.57 Å². The Balaban J connectivity index is 2.25. The second-order valence-electron chi connectivity index (χ2n) is 5.95. The van der Waals surface area contributed by atoms with Crippen LogP contribution in [-0.4, -0.2) is 29.4 Å². The van der Waals surface area contributed by atoms with Crippen LogP contribution >= 0.6 is 0 Å². The molecule has 1 heterocycles. The van der Waals surface area contributed by atoms with Crippen molar-refractivity contribution in [2.24, 2.45) is 0 Å². The molecule has 140 valence electrons. The van der Waals surface area contributed by atoms with Gasteiger partial charge in [-0.15, -0.1) is 0 Å². The molecule has 1 aromatic heterocycles. The lowest BCUT2D eigenvalue weighted by atomic mass is 10.0. The molecule has 0 fully saturated rings. The summed E-state index contributed by atoms with van der Waals surface area (Å²) in [4.78, 5) is 24.9. The molecule has 3 aromatic rings. The van der Waals surface area contributed by atoms with Crippen LogP contribution in [0.2, 0.25) is 0 Å². The lowest BCUT2D eigenvalue weighted by molar-refractivity contribution is 0.0520. The number of pyridine rings is 1. The van der Waals surface area contributed by atoms with Gasteiger partial charge in [-0.3, -0.25) is 4.79 Å². The number of rotatable bonds is 5. The first kappa shape index (κ1) is 18.5. The van der Waals surface area contributed by atoms with Gasteiger partial charge in [-0.05, 0) is 49.2 Å². The number of carbonyl (C=O) groups excluding carboxylic acids is 1. The molecule has 6 nitrogen and oxygen atoms in total. The van der Waals surface area contributed by atoms with Crippen molar-refractivity contribution in [2.75, 3.05) is 13.7 Å². The summed E-state index contributed by atoms with van der Waals surface area (Å²) in [6, 6.07) is 12.9. The minimum absolute atomic E-state index is 0.119. The topological polar surface area (TPSA) is 77.8 Å². The number of nitrogens with zero attached hydrogens (tertiary/aromatic N) is 1. The molecule has 2 aromatic carbocycles. The van der Waals surface area contributed by atoms with Crippen LogP contribution in [0.25, 0.3) is 22.0 Å². The average molecular weight is 367 g/mol. The van der Waals surface area contributed by atoms with E-state index in [1.807, 2.05) is 37.3 Å². The van der Waals surface area contributed by atoms with E-state index in [1.54, 1.807) is 26.2 Å². The number of methoxy groups -OCH3 is 1. The summed E-state index contributed by atoms with van der Waals surface area (Å²) in [5.41, 5.74) is 1.43. The number of aromatic hydroxyl groups is 1. The van der Waals surface area contributed by atoms with Crippen molar-refractivity contribution >= 4 is 16.9 Å². The molecule has 0 aliphatic carbocycles. The molecule has 0 saturated heterocycles. The summed E-state index contributed by atoms with van der Waals surface area (Å²) >= 11 is 0. The van der Waals surface area contributed by atoms with Crippen LogP contribution in [0, 0.1) is 0 Å². The minimum Gasteiger partial charge on any atom is -0.506 e. The summed E-state index contributed by atoms with van der Waals surface area (Å²) in [5.74, 6) is -0.431. The minimum atomic E-state index is -0.820. The molecule has 0 atom stereocenters. The molecule has 0 amide bonds. The van der Waals surface area contributed by atoms with Gasteiger partial charge in [0.1, 0.15) is 11.5 Å². The van der Waals surface area contributed by atoms with Gasteiger partial charge < -0.3 is 19.1 Å². The first-order chi connectivity index (χ1) is 13.0. The van der Waals surface area contributed by atoms with Gasteiger partial charge in [0.2, 0.25) is 0 Å². The molecule has 0 aliphatic heterocycles. The second kappa shape index (κ2) is 7.53. The maximum Gasteiger partial charge on any atom is 0.347 e. The van der Waals surface area contributed by atoms with E-state index >= 15 is 0 Å². The lowest BCUT2D eigenvalue weighted by Gasteiger charge is -2.14. The van der Waals surface area contributed by atoms with Gasteiger partial charge in [0.05, 0.1) is 19.2 Å². The van der Waals surface area contributed by atoms with E-state index in [4.69, 9.17) is 9.47 Å². The number of fused-ring (bicyclic) bond motifs is 1. The Hall–Kier alpha value is -3.28. The van der Waals surface area contributed by atoms with E-state index in [0.717, 1.165) is 16.9 Å². The monoisotopic (exact) mass is 367 g/mol. The molecule has 3 rings (SSSR count). The number of hydrogen-bond donors (Lipinski definition) is 1. The van der Waals surface area contributed by atoms with E-state index in [-0.39, 0.29) is 17.9 Å². The van der Waals surface area contributed by atoms with Crippen LogP contribution in [-0.2, 0) is 11.3 Å². The average Bonchev–Trinajstić information content (AvgIpc) is 2.68. The smallest absolute Gasteiger partial charge is 0.347 e. The van der Waals surface area contributed by atoms with Gasteiger partial charge in [0.15, 0.2) is 5.56 Å². The third-order valence-electron chi connectivity index (χ3n) is 4.46. The number of benzene rings is 2. The van der Waals surface area contributed by atoms with Crippen LogP contribution in [0.4, 0.5) is 0 Å². The molecular formula is C21H21NO5. The maximum atomic E-state index is 12.7. The molecule has 6 heteroatoms. The SMILES string of the molecule is CCOC(=O)c1c(O)c2cc(-c3ccc(OC)cc3)ccc2n(CC)c1=O. The van der Waals surface area contributed by atoms with Crippen LogP contribution in [0.15, 0.2) is 47.3 Å². The van der Waals surface area contributed by atoms with Crippen LogP contribution < -0.4 is 10.3 Å². The van der Waals surface area contributed by atoms with Gasteiger partial charge >= 0.3 is 5.97 Å². The quantitative estimate of drug-likeness (QED) is 0.698. The fourth-order valence-corrected chi connectivity index (χ4v) is 3.11. The van der Waals surface area contributed by atoms with Crippen molar-refractivity contribution in [3.63, 3.8) is 0 Å². The van der Waals surface area contributed by atoms with Crippen LogP contribution in [0.5, 0.6) is 11.5 Å². The van der Waals surface area contributed by atoms with Crippen molar-refractivity contribution in [3.8, 4) is 22.6 Å². The van der Waals surface area contributed by atoms with Crippen LogP contribution in [0.1, 0.15) is 24.2 Å². The van der Waals surface area contributed by atoms with E-state index in [9.17, 15) is 14.7 Å². The van der Waals surface area contributed by atoms with Crippen molar-refractivity contribution in [1.29, 1.82) is 0 Å². The Labute approximate surface area is 156 Å². The zero-order chi connectivity index (χ0) is 19.6. The predicted molar refractivity (Wildman–Crippen MR) is 103 cm³/mol. The summed E-state index contributed by atoms with van der Waals surface area (Å²) in [6.45, 7) is 3.94. The van der Waals surface area contributed by atoms with Crippen LogP contribution in [0.3, 0.4) is 0 Å². The molecular weight excluding hydrogens is 346 g/mol. The highest BCUT2D eigenvalue weighted by Crippen LogP contribution is 2.32. The van der Waals surface area contributed by atoms with E-state index in [1.165, 1.54) is 4.57 Å². The van der Waals surface area contributed by atoms with E-state index in [2.05, 4.69) is 0 Å². The summed E-state index contributed by atoms with van der Waals surface area (Å²) in [6.07, 6.45) is 0. The van der Waals surface area contributed by atoms with Gasteiger partial charge in [0, 0.05) is 11.9 Å². The number of carbonyl (C=O) groups is 1. The Morgan fingerprint density at radius 1 is 1.07 bits per heavy atom. The zero-order valence-electron chi connectivity index (χ0n) is 15.5. The summed E-state index contributed by atoms with van der Waals surface area (Å²) in [5, 5.41) is 11.1. The van der Waals surface area contributed by atoms with Gasteiger partial charge in [-0.2, -0.15) is 0 Å². The summed E-state index contributed by atoms with van der Waals surface area (Å²) < 4.78 is 11.6. The number of hydrogen-bond acceptors (Lipinski definition) is 5. The van der Waals surface area contributed by atoms with E-state index < -0.39 is 11.5 Å². The zero-order valence-corrected chi connectivity index (χ0v) is 15.5. The van der Waals surface area contributed by atoms with E-state index in [0.29, 0.717) is 17.4 Å². The Morgan fingerprint density at radius 2 is 1.74 bits per heavy atom. The number of aryl methyl sites for hydroxylation is 1. The van der Waals surface area contributed by atoms with Gasteiger partial charge in [-0.25, -0.2) is 4.79 Å². The molecule has 0 spiro atoms. The highest BCUT2D eigenvalue weighted by molar-refractivity contribution is 6.00. The molecule has 0 unspecified atom stereocenters. The number of aromatic nitrogens is 1. The highest BCUT2D eigenvalue weighted by Gasteiger charge is 2.23. The number of ether oxygens (including phenoxy) is 2. The first-order valence-electron chi connectivity index (χ1n) is 8.72. The molecule has 1 N–H and O–H groups in total. The normalized spacial score (nSPS) is 10.8.